The molecule has 88 valence electrons. The van der Waals surface area contributed by atoms with Crippen LogP contribution < -0.4 is 10.1 Å². The van der Waals surface area contributed by atoms with Crippen molar-refractivity contribution in [2.45, 2.75) is 6.54 Å². The quantitative estimate of drug-likeness (QED) is 0.846. The number of nitrogens with zero attached hydrogens (tertiary/aromatic N) is 1. The molecule has 1 aromatic heterocycles. The van der Waals surface area contributed by atoms with Gasteiger partial charge in [-0.25, -0.2) is 4.98 Å². The van der Waals surface area contributed by atoms with Crippen LogP contribution in [-0.2, 0) is 6.54 Å². The molecule has 4 heteroatoms. The van der Waals surface area contributed by atoms with Gasteiger partial charge in [-0.2, -0.15) is 0 Å². The molecule has 0 fully saturated rings. The standard InChI is InChI=1S/C13H14N2O2/c1-17-13-12(3-2-8-14-13)15-9-10-4-6-11(16)7-5-10/h2-8,15-16H,9H2,1H3. The van der Waals surface area contributed by atoms with Crippen molar-refractivity contribution in [1.82, 2.24) is 4.98 Å². The number of pyridine rings is 1. The number of rotatable bonds is 4. The first-order chi connectivity index (χ1) is 8.29. The van der Waals surface area contributed by atoms with Crippen LogP contribution in [-0.4, -0.2) is 17.2 Å². The van der Waals surface area contributed by atoms with Crippen LogP contribution in [0.4, 0.5) is 5.69 Å². The third kappa shape index (κ3) is 2.87. The summed E-state index contributed by atoms with van der Waals surface area (Å²) in [5.74, 6) is 0.846. The Balaban J connectivity index is 2.04. The molecule has 0 saturated heterocycles. The Bertz CT molecular complexity index is 483. The van der Waals surface area contributed by atoms with Crippen molar-refractivity contribution in [2.24, 2.45) is 0 Å². The second-order valence-corrected chi connectivity index (χ2v) is 3.58. The molecule has 0 amide bonds. The number of hydrogen-bond acceptors (Lipinski definition) is 4. The maximum atomic E-state index is 9.17. The first kappa shape index (κ1) is 11.3. The summed E-state index contributed by atoms with van der Waals surface area (Å²) >= 11 is 0. The topological polar surface area (TPSA) is 54.4 Å². The number of anilines is 1. The van der Waals surface area contributed by atoms with Gasteiger partial charge in [-0.05, 0) is 29.8 Å². The fourth-order valence-corrected chi connectivity index (χ4v) is 1.50. The Hall–Kier alpha value is -2.23. The van der Waals surface area contributed by atoms with E-state index in [9.17, 15) is 5.11 Å². The molecule has 0 radical (unpaired) electrons. The van der Waals surface area contributed by atoms with Gasteiger partial charge in [0.2, 0.25) is 5.88 Å². The number of phenolic OH excluding ortho intramolecular Hbond substituents is 1. The molecular weight excluding hydrogens is 216 g/mol. The van der Waals surface area contributed by atoms with E-state index in [1.54, 1.807) is 25.4 Å². The predicted octanol–water partition coefficient (Wildman–Crippen LogP) is 2.41. The van der Waals surface area contributed by atoms with Crippen molar-refractivity contribution < 1.29 is 9.84 Å². The zero-order valence-electron chi connectivity index (χ0n) is 9.55. The van der Waals surface area contributed by atoms with Crippen LogP contribution in [0.1, 0.15) is 5.56 Å². The minimum Gasteiger partial charge on any atom is -0.508 e. The van der Waals surface area contributed by atoms with Gasteiger partial charge in [0.25, 0.3) is 0 Å². The van der Waals surface area contributed by atoms with Crippen molar-refractivity contribution in [3.05, 3.63) is 48.2 Å². The molecular formula is C13H14N2O2. The lowest BCUT2D eigenvalue weighted by atomic mass is 10.2. The Morgan fingerprint density at radius 1 is 1.24 bits per heavy atom. The average Bonchev–Trinajstić information content (AvgIpc) is 2.38. The van der Waals surface area contributed by atoms with Crippen LogP contribution in [0, 0.1) is 0 Å². The summed E-state index contributed by atoms with van der Waals surface area (Å²) in [7, 11) is 1.59. The number of aromatic hydroxyl groups is 1. The Morgan fingerprint density at radius 3 is 2.71 bits per heavy atom. The number of ether oxygens (including phenoxy) is 1. The van der Waals surface area contributed by atoms with Crippen LogP contribution in [0.5, 0.6) is 11.6 Å². The van der Waals surface area contributed by atoms with E-state index in [0.29, 0.717) is 12.4 Å². The van der Waals surface area contributed by atoms with Crippen molar-refractivity contribution >= 4 is 5.69 Å². The first-order valence-corrected chi connectivity index (χ1v) is 5.30. The van der Waals surface area contributed by atoms with Gasteiger partial charge in [0.05, 0.1) is 12.8 Å². The van der Waals surface area contributed by atoms with Gasteiger partial charge in [0.1, 0.15) is 5.75 Å². The molecule has 0 spiro atoms. The number of nitrogens with one attached hydrogen (secondary N) is 1. The van der Waals surface area contributed by atoms with Crippen LogP contribution in [0.25, 0.3) is 0 Å². The molecule has 1 heterocycles. The van der Waals surface area contributed by atoms with E-state index in [1.807, 2.05) is 24.3 Å². The molecule has 0 aliphatic rings. The van der Waals surface area contributed by atoms with E-state index in [-0.39, 0.29) is 5.75 Å². The lowest BCUT2D eigenvalue weighted by molar-refractivity contribution is 0.399. The molecule has 0 aliphatic heterocycles. The average molecular weight is 230 g/mol. The first-order valence-electron chi connectivity index (χ1n) is 5.30. The summed E-state index contributed by atoms with van der Waals surface area (Å²) in [4.78, 5) is 4.10. The van der Waals surface area contributed by atoms with Crippen molar-refractivity contribution in [3.8, 4) is 11.6 Å². The zero-order chi connectivity index (χ0) is 12.1. The van der Waals surface area contributed by atoms with E-state index < -0.39 is 0 Å². The molecule has 0 aliphatic carbocycles. The van der Waals surface area contributed by atoms with E-state index in [4.69, 9.17) is 4.74 Å². The second-order valence-electron chi connectivity index (χ2n) is 3.58. The molecule has 0 bridgehead atoms. The maximum absolute atomic E-state index is 9.17. The van der Waals surface area contributed by atoms with Gasteiger partial charge < -0.3 is 15.2 Å². The smallest absolute Gasteiger partial charge is 0.237 e. The summed E-state index contributed by atoms with van der Waals surface area (Å²) in [6.45, 7) is 0.655. The fraction of sp³-hybridized carbons (Fsp3) is 0.154. The van der Waals surface area contributed by atoms with Gasteiger partial charge >= 0.3 is 0 Å². The number of benzene rings is 1. The summed E-state index contributed by atoms with van der Waals surface area (Å²) in [5, 5.41) is 12.4. The SMILES string of the molecule is COc1ncccc1NCc1ccc(O)cc1. The number of aromatic nitrogens is 1. The van der Waals surface area contributed by atoms with Crippen molar-refractivity contribution in [2.75, 3.05) is 12.4 Å². The molecule has 0 unspecified atom stereocenters. The molecule has 2 N–H and O–H groups in total. The number of methoxy groups -OCH3 is 1. The Morgan fingerprint density at radius 2 is 2.00 bits per heavy atom. The molecule has 0 atom stereocenters. The molecule has 17 heavy (non-hydrogen) atoms. The van der Waals surface area contributed by atoms with E-state index in [2.05, 4.69) is 10.3 Å². The van der Waals surface area contributed by atoms with Gasteiger partial charge in [-0.15, -0.1) is 0 Å². The minimum absolute atomic E-state index is 0.271. The lowest BCUT2D eigenvalue weighted by Crippen LogP contribution is -2.02. The largest absolute Gasteiger partial charge is 0.508 e. The van der Waals surface area contributed by atoms with E-state index >= 15 is 0 Å². The van der Waals surface area contributed by atoms with Gasteiger partial charge in [-0.3, -0.25) is 0 Å². The van der Waals surface area contributed by atoms with Crippen LogP contribution >= 0.6 is 0 Å². The second kappa shape index (κ2) is 5.21. The molecule has 2 aromatic rings. The van der Waals surface area contributed by atoms with E-state index in [0.717, 1.165) is 11.3 Å². The zero-order valence-corrected chi connectivity index (χ0v) is 9.55. The summed E-state index contributed by atoms with van der Waals surface area (Å²) in [5.41, 5.74) is 1.93. The Labute approximate surface area is 99.9 Å². The third-order valence-electron chi connectivity index (χ3n) is 2.38. The third-order valence-corrected chi connectivity index (χ3v) is 2.38. The lowest BCUT2D eigenvalue weighted by Gasteiger charge is -2.09. The summed E-state index contributed by atoms with van der Waals surface area (Å²) in [6, 6.07) is 10.8. The van der Waals surface area contributed by atoms with Crippen molar-refractivity contribution in [3.63, 3.8) is 0 Å². The molecule has 0 saturated carbocycles. The molecule has 1 aromatic carbocycles. The van der Waals surface area contributed by atoms with Crippen LogP contribution in [0.15, 0.2) is 42.6 Å². The Kier molecular flexibility index (Phi) is 3.45. The van der Waals surface area contributed by atoms with E-state index in [1.165, 1.54) is 0 Å². The molecule has 4 nitrogen and oxygen atoms in total. The number of hydrogen-bond donors (Lipinski definition) is 2. The normalized spacial score (nSPS) is 9.94. The highest BCUT2D eigenvalue weighted by Gasteiger charge is 2.02. The monoisotopic (exact) mass is 230 g/mol. The maximum Gasteiger partial charge on any atom is 0.237 e. The van der Waals surface area contributed by atoms with Crippen LogP contribution in [0.2, 0.25) is 0 Å². The van der Waals surface area contributed by atoms with Gasteiger partial charge in [-0.1, -0.05) is 12.1 Å². The molecule has 2 rings (SSSR count). The number of phenols is 1. The fourth-order valence-electron chi connectivity index (χ4n) is 1.50. The summed E-state index contributed by atoms with van der Waals surface area (Å²) < 4.78 is 5.14. The van der Waals surface area contributed by atoms with Gasteiger partial charge in [0.15, 0.2) is 0 Å². The van der Waals surface area contributed by atoms with Crippen LogP contribution in [0.3, 0.4) is 0 Å². The highest BCUT2D eigenvalue weighted by molar-refractivity contribution is 5.52. The minimum atomic E-state index is 0.271. The van der Waals surface area contributed by atoms with Crippen molar-refractivity contribution in [1.29, 1.82) is 0 Å². The van der Waals surface area contributed by atoms with Gasteiger partial charge in [0, 0.05) is 12.7 Å². The summed E-state index contributed by atoms with van der Waals surface area (Å²) in [6.07, 6.45) is 1.69. The highest BCUT2D eigenvalue weighted by atomic mass is 16.5. The predicted molar refractivity (Wildman–Crippen MR) is 66.2 cm³/mol. The highest BCUT2D eigenvalue weighted by Crippen LogP contribution is 2.20.